The lowest BCUT2D eigenvalue weighted by atomic mass is 9.73. The summed E-state index contributed by atoms with van der Waals surface area (Å²) in [5.74, 6) is 1.51. The fourth-order valence-electron chi connectivity index (χ4n) is 3.98. The van der Waals surface area contributed by atoms with Crippen LogP contribution >= 0.6 is 0 Å². The monoisotopic (exact) mass is 204 g/mol. The summed E-state index contributed by atoms with van der Waals surface area (Å²) in [4.78, 5) is 24.0. The van der Waals surface area contributed by atoms with E-state index in [4.69, 9.17) is 0 Å². The Bertz CT molecular complexity index is 378. The van der Waals surface area contributed by atoms with Crippen LogP contribution in [-0.4, -0.2) is 11.6 Å². The van der Waals surface area contributed by atoms with E-state index < -0.39 is 0 Å². The van der Waals surface area contributed by atoms with E-state index in [-0.39, 0.29) is 23.0 Å². The van der Waals surface area contributed by atoms with Crippen molar-refractivity contribution in [3.63, 3.8) is 0 Å². The third-order valence-electron chi connectivity index (χ3n) is 4.76. The smallest absolute Gasteiger partial charge is 0.143 e. The van der Waals surface area contributed by atoms with Gasteiger partial charge < -0.3 is 0 Å². The van der Waals surface area contributed by atoms with Crippen LogP contribution in [0.3, 0.4) is 0 Å². The standard InChI is InChI=1S/C13H16O2/c1-13(2)10(14)6-9-11(13)7-4-3-5-8(7)12(9)15/h3,5,7-9,11H,4,6H2,1-2H3/t7-,8+,9+,11+/m1/s1. The van der Waals surface area contributed by atoms with Gasteiger partial charge >= 0.3 is 0 Å². The van der Waals surface area contributed by atoms with Crippen molar-refractivity contribution in [2.45, 2.75) is 26.7 Å². The van der Waals surface area contributed by atoms with Gasteiger partial charge in [0.2, 0.25) is 0 Å². The molecule has 0 spiro atoms. The summed E-state index contributed by atoms with van der Waals surface area (Å²) in [6.45, 7) is 4.04. The highest BCUT2D eigenvalue weighted by Gasteiger charge is 2.61. The minimum absolute atomic E-state index is 0.0347. The maximum Gasteiger partial charge on any atom is 0.143 e. The number of hydrogen-bond donors (Lipinski definition) is 0. The van der Waals surface area contributed by atoms with Crippen molar-refractivity contribution >= 4 is 11.6 Å². The largest absolute Gasteiger partial charge is 0.299 e. The summed E-state index contributed by atoms with van der Waals surface area (Å²) < 4.78 is 0. The lowest BCUT2D eigenvalue weighted by Crippen LogP contribution is -2.30. The quantitative estimate of drug-likeness (QED) is 0.565. The molecular weight excluding hydrogens is 188 g/mol. The summed E-state index contributed by atoms with van der Waals surface area (Å²) in [6, 6.07) is 0. The number of fused-ring (bicyclic) bond motifs is 3. The lowest BCUT2D eigenvalue weighted by molar-refractivity contribution is -0.128. The molecule has 0 N–H and O–H groups in total. The Morgan fingerprint density at radius 2 is 2.07 bits per heavy atom. The molecule has 15 heavy (non-hydrogen) atoms. The lowest BCUT2D eigenvalue weighted by Gasteiger charge is -2.29. The predicted octanol–water partition coefficient (Wildman–Crippen LogP) is 1.99. The molecule has 2 heteroatoms. The second kappa shape index (κ2) is 2.60. The molecule has 3 rings (SSSR count). The van der Waals surface area contributed by atoms with Gasteiger partial charge in [0.15, 0.2) is 0 Å². The normalized spacial score (nSPS) is 46.0. The minimum atomic E-state index is -0.272. The average molecular weight is 204 g/mol. The van der Waals surface area contributed by atoms with Crippen LogP contribution in [-0.2, 0) is 9.59 Å². The van der Waals surface area contributed by atoms with E-state index in [1.54, 1.807) is 0 Å². The van der Waals surface area contributed by atoms with Crippen LogP contribution in [0.15, 0.2) is 12.2 Å². The zero-order valence-corrected chi connectivity index (χ0v) is 9.19. The number of ketones is 2. The van der Waals surface area contributed by atoms with Gasteiger partial charge in [-0.1, -0.05) is 26.0 Å². The first kappa shape index (κ1) is 9.32. The van der Waals surface area contributed by atoms with Gasteiger partial charge in [0.05, 0.1) is 0 Å². The first-order chi connectivity index (χ1) is 7.03. The van der Waals surface area contributed by atoms with Crippen LogP contribution in [0.25, 0.3) is 0 Å². The van der Waals surface area contributed by atoms with Crippen LogP contribution in [0, 0.1) is 29.1 Å². The van der Waals surface area contributed by atoms with E-state index >= 15 is 0 Å². The molecular formula is C13H16O2. The van der Waals surface area contributed by atoms with Crippen molar-refractivity contribution in [2.24, 2.45) is 29.1 Å². The first-order valence-corrected chi connectivity index (χ1v) is 5.77. The summed E-state index contributed by atoms with van der Waals surface area (Å²) in [6.07, 6.45) is 5.67. The van der Waals surface area contributed by atoms with Crippen LogP contribution < -0.4 is 0 Å². The number of allylic oxidation sites excluding steroid dienone is 2. The minimum Gasteiger partial charge on any atom is -0.299 e. The molecule has 3 aliphatic rings. The average Bonchev–Trinajstić information content (AvgIpc) is 2.75. The van der Waals surface area contributed by atoms with Gasteiger partial charge in [-0.2, -0.15) is 0 Å². The molecule has 0 aromatic heterocycles. The van der Waals surface area contributed by atoms with Gasteiger partial charge in [-0.3, -0.25) is 9.59 Å². The van der Waals surface area contributed by atoms with Gasteiger partial charge in [-0.15, -0.1) is 0 Å². The van der Waals surface area contributed by atoms with E-state index in [9.17, 15) is 9.59 Å². The number of carbonyl (C=O) groups is 2. The van der Waals surface area contributed by atoms with E-state index in [1.165, 1.54) is 0 Å². The third-order valence-corrected chi connectivity index (χ3v) is 4.76. The molecule has 0 unspecified atom stereocenters. The molecule has 0 heterocycles. The summed E-state index contributed by atoms with van der Waals surface area (Å²) in [5.41, 5.74) is -0.272. The Kier molecular flexibility index (Phi) is 1.62. The van der Waals surface area contributed by atoms with Crippen molar-refractivity contribution < 1.29 is 9.59 Å². The van der Waals surface area contributed by atoms with E-state index in [1.807, 2.05) is 13.8 Å². The highest BCUT2D eigenvalue weighted by molar-refractivity contribution is 5.99. The molecule has 0 aromatic carbocycles. The SMILES string of the molecule is CC1(C)C(=O)C[C@@H]2C(=O)[C@H]3C=CC[C@H]3[C@@H]21. The second-order valence-electron chi connectivity index (χ2n) is 5.74. The highest BCUT2D eigenvalue weighted by atomic mass is 16.1. The number of hydrogen-bond acceptors (Lipinski definition) is 2. The first-order valence-electron chi connectivity index (χ1n) is 5.77. The summed E-state index contributed by atoms with van der Waals surface area (Å²) in [5, 5.41) is 0. The maximum absolute atomic E-state index is 12.1. The van der Waals surface area contributed by atoms with Crippen molar-refractivity contribution in [2.75, 3.05) is 0 Å². The predicted molar refractivity (Wildman–Crippen MR) is 56.1 cm³/mol. The van der Waals surface area contributed by atoms with Crippen molar-refractivity contribution in [3.05, 3.63) is 12.2 Å². The molecule has 2 saturated carbocycles. The molecule has 0 aromatic rings. The molecule has 80 valence electrons. The number of Topliss-reactive ketones (excluding diaryl/α,β-unsaturated/α-hetero) is 2. The fraction of sp³-hybridized carbons (Fsp3) is 0.692. The Balaban J connectivity index is 2.05. The zero-order valence-electron chi connectivity index (χ0n) is 9.19. The maximum atomic E-state index is 12.1. The summed E-state index contributed by atoms with van der Waals surface area (Å²) in [7, 11) is 0. The molecule has 3 aliphatic carbocycles. The highest BCUT2D eigenvalue weighted by Crippen LogP contribution is 2.58. The molecule has 2 fully saturated rings. The molecule has 0 aliphatic heterocycles. The Morgan fingerprint density at radius 3 is 2.80 bits per heavy atom. The van der Waals surface area contributed by atoms with Crippen LogP contribution in [0.5, 0.6) is 0 Å². The molecule has 2 nitrogen and oxygen atoms in total. The number of rotatable bonds is 0. The molecule has 4 atom stereocenters. The van der Waals surface area contributed by atoms with Gasteiger partial charge in [0.25, 0.3) is 0 Å². The van der Waals surface area contributed by atoms with Gasteiger partial charge in [-0.25, -0.2) is 0 Å². The molecule has 0 saturated heterocycles. The van der Waals surface area contributed by atoms with Crippen molar-refractivity contribution in [1.29, 1.82) is 0 Å². The Morgan fingerprint density at radius 1 is 1.33 bits per heavy atom. The van der Waals surface area contributed by atoms with Crippen molar-refractivity contribution in [3.8, 4) is 0 Å². The second-order valence-corrected chi connectivity index (χ2v) is 5.74. The van der Waals surface area contributed by atoms with Gasteiger partial charge in [-0.05, 0) is 18.3 Å². The fourth-order valence-corrected chi connectivity index (χ4v) is 3.98. The van der Waals surface area contributed by atoms with Crippen LogP contribution in [0.4, 0.5) is 0 Å². The van der Waals surface area contributed by atoms with E-state index in [2.05, 4.69) is 12.2 Å². The van der Waals surface area contributed by atoms with Gasteiger partial charge in [0, 0.05) is 23.7 Å². The van der Waals surface area contributed by atoms with E-state index in [0.717, 1.165) is 6.42 Å². The Labute approximate surface area is 89.7 Å². The summed E-state index contributed by atoms with van der Waals surface area (Å²) >= 11 is 0. The number of carbonyl (C=O) groups excluding carboxylic acids is 2. The zero-order chi connectivity index (χ0) is 10.8. The molecule has 0 bridgehead atoms. The third kappa shape index (κ3) is 0.952. The van der Waals surface area contributed by atoms with E-state index in [0.29, 0.717) is 24.0 Å². The molecule has 0 radical (unpaired) electrons. The van der Waals surface area contributed by atoms with Crippen molar-refractivity contribution in [1.82, 2.24) is 0 Å². The topological polar surface area (TPSA) is 34.1 Å². The molecule has 0 amide bonds. The van der Waals surface area contributed by atoms with Gasteiger partial charge in [0.1, 0.15) is 11.6 Å². The Hall–Kier alpha value is -0.920. The van der Waals surface area contributed by atoms with Crippen LogP contribution in [0.1, 0.15) is 26.7 Å². The van der Waals surface area contributed by atoms with Crippen LogP contribution in [0.2, 0.25) is 0 Å².